The Labute approximate surface area is 107 Å². The van der Waals surface area contributed by atoms with Crippen LogP contribution in [0.15, 0.2) is 10.9 Å². The van der Waals surface area contributed by atoms with E-state index in [9.17, 15) is 14.4 Å². The first-order valence-electron chi connectivity index (χ1n) is 5.03. The minimum atomic E-state index is -1.21. The summed E-state index contributed by atoms with van der Waals surface area (Å²) in [6, 6.07) is -1.14. The molecule has 1 rings (SSSR count). The number of rotatable bonds is 6. The third-order valence-electron chi connectivity index (χ3n) is 2.13. The second-order valence-corrected chi connectivity index (χ2v) is 4.07. The molecule has 1 amide bonds. The number of carboxylic acid groups (broad SMARTS) is 1. The van der Waals surface area contributed by atoms with E-state index in [0.29, 0.717) is 0 Å². The minimum absolute atomic E-state index is 0.0299. The van der Waals surface area contributed by atoms with Crippen LogP contribution < -0.4 is 5.32 Å². The predicted molar refractivity (Wildman–Crippen MR) is 62.3 cm³/mol. The number of carbonyl (C=O) groups excluding carboxylic acids is 2. The van der Waals surface area contributed by atoms with E-state index in [4.69, 9.17) is 5.11 Å². The number of ether oxygens (including phenoxy) is 1. The molecule has 0 aliphatic rings. The molecule has 0 bridgehead atoms. The summed E-state index contributed by atoms with van der Waals surface area (Å²) >= 11 is 1.23. The molecule has 0 saturated carbocycles. The average molecular weight is 272 g/mol. The normalized spacial score (nSPS) is 11.6. The van der Waals surface area contributed by atoms with Gasteiger partial charge < -0.3 is 15.2 Å². The van der Waals surface area contributed by atoms with Crippen LogP contribution in [-0.4, -0.2) is 41.1 Å². The van der Waals surface area contributed by atoms with Crippen LogP contribution in [0.1, 0.15) is 23.3 Å². The lowest BCUT2D eigenvalue weighted by Crippen LogP contribution is -2.41. The van der Waals surface area contributed by atoms with E-state index in [2.05, 4.69) is 15.0 Å². The summed E-state index contributed by atoms with van der Waals surface area (Å²) in [4.78, 5) is 37.2. The van der Waals surface area contributed by atoms with Crippen molar-refractivity contribution in [3.05, 3.63) is 16.6 Å². The highest BCUT2D eigenvalue weighted by Crippen LogP contribution is 2.04. The van der Waals surface area contributed by atoms with E-state index < -0.39 is 23.9 Å². The highest BCUT2D eigenvalue weighted by molar-refractivity contribution is 7.07. The number of nitrogens with zero attached hydrogens (tertiary/aromatic N) is 1. The highest BCUT2D eigenvalue weighted by Gasteiger charge is 2.22. The molecule has 98 valence electrons. The lowest BCUT2D eigenvalue weighted by molar-refractivity contribution is -0.142. The topological polar surface area (TPSA) is 106 Å². The van der Waals surface area contributed by atoms with Crippen molar-refractivity contribution in [2.45, 2.75) is 18.9 Å². The summed E-state index contributed by atoms with van der Waals surface area (Å²) < 4.78 is 4.40. The van der Waals surface area contributed by atoms with Crippen LogP contribution in [0, 0.1) is 0 Å². The van der Waals surface area contributed by atoms with Gasteiger partial charge in [0.1, 0.15) is 11.7 Å². The smallest absolute Gasteiger partial charge is 0.326 e. The molecule has 0 saturated heterocycles. The maximum Gasteiger partial charge on any atom is 0.326 e. The second-order valence-electron chi connectivity index (χ2n) is 3.35. The molecule has 18 heavy (non-hydrogen) atoms. The Morgan fingerprint density at radius 1 is 1.56 bits per heavy atom. The lowest BCUT2D eigenvalue weighted by atomic mass is 10.1. The van der Waals surface area contributed by atoms with Gasteiger partial charge in [-0.05, 0) is 6.42 Å². The summed E-state index contributed by atoms with van der Waals surface area (Å²) in [5, 5.41) is 12.7. The summed E-state index contributed by atoms with van der Waals surface area (Å²) in [7, 11) is 1.21. The van der Waals surface area contributed by atoms with E-state index in [1.54, 1.807) is 0 Å². The zero-order valence-corrected chi connectivity index (χ0v) is 10.4. The number of hydrogen-bond acceptors (Lipinski definition) is 6. The first-order valence-corrected chi connectivity index (χ1v) is 5.97. The number of amides is 1. The predicted octanol–water partition coefficient (Wildman–Crippen LogP) is 0.279. The molecule has 1 aromatic heterocycles. The minimum Gasteiger partial charge on any atom is -0.480 e. The van der Waals surface area contributed by atoms with Crippen molar-refractivity contribution in [1.29, 1.82) is 0 Å². The lowest BCUT2D eigenvalue weighted by Gasteiger charge is -2.12. The largest absolute Gasteiger partial charge is 0.480 e. The maximum atomic E-state index is 11.6. The molecule has 1 atom stereocenters. The van der Waals surface area contributed by atoms with Crippen LogP contribution in [0.3, 0.4) is 0 Å². The van der Waals surface area contributed by atoms with Crippen LogP contribution >= 0.6 is 11.3 Å². The van der Waals surface area contributed by atoms with Gasteiger partial charge in [-0.2, -0.15) is 0 Å². The highest BCUT2D eigenvalue weighted by atomic mass is 32.1. The Kier molecular flexibility index (Phi) is 5.25. The number of aromatic nitrogens is 1. The van der Waals surface area contributed by atoms with Crippen molar-refractivity contribution < 1.29 is 24.2 Å². The van der Waals surface area contributed by atoms with Gasteiger partial charge in [0.15, 0.2) is 0 Å². The van der Waals surface area contributed by atoms with Crippen molar-refractivity contribution in [2.24, 2.45) is 0 Å². The SMILES string of the molecule is COC(=O)CC[C@H](NC(=O)c1cscn1)C(=O)O. The molecule has 2 N–H and O–H groups in total. The van der Waals surface area contributed by atoms with E-state index >= 15 is 0 Å². The number of aliphatic carboxylic acids is 1. The Hall–Kier alpha value is -1.96. The Morgan fingerprint density at radius 3 is 2.78 bits per heavy atom. The molecule has 0 fully saturated rings. The first kappa shape index (κ1) is 14.1. The quantitative estimate of drug-likeness (QED) is 0.720. The van der Waals surface area contributed by atoms with Crippen LogP contribution in [0.25, 0.3) is 0 Å². The molecular formula is C10H12N2O5S. The van der Waals surface area contributed by atoms with Gasteiger partial charge in [0.2, 0.25) is 0 Å². The molecular weight excluding hydrogens is 260 g/mol. The fourth-order valence-corrected chi connectivity index (χ4v) is 1.71. The van der Waals surface area contributed by atoms with Crippen molar-refractivity contribution in [2.75, 3.05) is 7.11 Å². The number of thiazole rings is 1. The zero-order valence-electron chi connectivity index (χ0n) is 9.58. The summed E-state index contributed by atoms with van der Waals surface area (Å²) in [5.74, 6) is -2.31. The number of carbonyl (C=O) groups is 3. The number of hydrogen-bond donors (Lipinski definition) is 2. The van der Waals surface area contributed by atoms with Crippen molar-refractivity contribution >= 4 is 29.2 Å². The molecule has 0 unspecified atom stereocenters. The Balaban J connectivity index is 2.55. The fraction of sp³-hybridized carbons (Fsp3) is 0.400. The first-order chi connectivity index (χ1) is 8.54. The Bertz CT molecular complexity index is 431. The number of methoxy groups -OCH3 is 1. The molecule has 0 radical (unpaired) electrons. The standard InChI is InChI=1S/C10H12N2O5S/c1-17-8(13)3-2-6(10(15)16)12-9(14)7-4-18-5-11-7/h4-6H,2-3H2,1H3,(H,12,14)(H,15,16)/t6-/m0/s1. The molecule has 0 aliphatic heterocycles. The molecule has 1 aromatic rings. The molecule has 7 nitrogen and oxygen atoms in total. The van der Waals surface area contributed by atoms with Gasteiger partial charge in [-0.3, -0.25) is 9.59 Å². The van der Waals surface area contributed by atoms with Crippen LogP contribution in [-0.2, 0) is 14.3 Å². The van der Waals surface area contributed by atoms with Gasteiger partial charge in [0.05, 0.1) is 12.6 Å². The molecule has 8 heteroatoms. The number of esters is 1. The van der Waals surface area contributed by atoms with Crippen LogP contribution in [0.5, 0.6) is 0 Å². The summed E-state index contributed by atoms with van der Waals surface area (Å²) in [6.45, 7) is 0. The van der Waals surface area contributed by atoms with Crippen LogP contribution in [0.4, 0.5) is 0 Å². The van der Waals surface area contributed by atoms with Gasteiger partial charge in [0, 0.05) is 11.8 Å². The monoisotopic (exact) mass is 272 g/mol. The maximum absolute atomic E-state index is 11.6. The van der Waals surface area contributed by atoms with E-state index in [0.717, 1.165) is 0 Å². The van der Waals surface area contributed by atoms with E-state index in [1.807, 2.05) is 0 Å². The van der Waals surface area contributed by atoms with Crippen molar-refractivity contribution in [1.82, 2.24) is 10.3 Å². The van der Waals surface area contributed by atoms with E-state index in [-0.39, 0.29) is 18.5 Å². The summed E-state index contributed by atoms with van der Waals surface area (Å²) in [5.41, 5.74) is 1.63. The molecule has 1 heterocycles. The average Bonchev–Trinajstić information content (AvgIpc) is 2.87. The fourth-order valence-electron chi connectivity index (χ4n) is 1.18. The van der Waals surface area contributed by atoms with Gasteiger partial charge in [-0.15, -0.1) is 11.3 Å². The van der Waals surface area contributed by atoms with E-state index in [1.165, 1.54) is 29.3 Å². The third-order valence-corrected chi connectivity index (χ3v) is 2.72. The molecule has 0 aliphatic carbocycles. The second kappa shape index (κ2) is 6.70. The van der Waals surface area contributed by atoms with Gasteiger partial charge in [0.25, 0.3) is 5.91 Å². The zero-order chi connectivity index (χ0) is 13.5. The Morgan fingerprint density at radius 2 is 2.28 bits per heavy atom. The van der Waals surface area contributed by atoms with Gasteiger partial charge in [-0.25, -0.2) is 9.78 Å². The summed E-state index contributed by atoms with van der Waals surface area (Å²) in [6.07, 6.45) is -0.108. The van der Waals surface area contributed by atoms with Gasteiger partial charge in [-0.1, -0.05) is 0 Å². The van der Waals surface area contributed by atoms with Crippen molar-refractivity contribution in [3.8, 4) is 0 Å². The molecule has 0 aromatic carbocycles. The number of carboxylic acids is 1. The third kappa shape index (κ3) is 4.13. The van der Waals surface area contributed by atoms with Crippen molar-refractivity contribution in [3.63, 3.8) is 0 Å². The van der Waals surface area contributed by atoms with Gasteiger partial charge >= 0.3 is 11.9 Å². The van der Waals surface area contributed by atoms with Crippen LogP contribution in [0.2, 0.25) is 0 Å². The number of nitrogens with one attached hydrogen (secondary N) is 1. The molecule has 0 spiro atoms.